The molecule has 1 saturated carbocycles. The smallest absolute Gasteiger partial charge is 0.213 e. The van der Waals surface area contributed by atoms with Gasteiger partial charge in [0.2, 0.25) is 10.0 Å². The van der Waals surface area contributed by atoms with Crippen molar-refractivity contribution in [3.63, 3.8) is 0 Å². The van der Waals surface area contributed by atoms with Crippen molar-refractivity contribution in [3.8, 4) is 0 Å². The Morgan fingerprint density at radius 3 is 2.85 bits per heavy atom. The van der Waals surface area contributed by atoms with Crippen LogP contribution in [0.4, 0.5) is 0 Å². The SMILES string of the molecule is CCS(=O)(=O)N1CC[C@]2(C[C@@H](OCC3CCC3)CO2)C1. The molecule has 0 bridgehead atoms. The van der Waals surface area contributed by atoms with Gasteiger partial charge in [0, 0.05) is 26.1 Å². The summed E-state index contributed by atoms with van der Waals surface area (Å²) in [6, 6.07) is 0. The first-order valence-electron chi connectivity index (χ1n) is 7.76. The van der Waals surface area contributed by atoms with E-state index in [0.29, 0.717) is 19.7 Å². The van der Waals surface area contributed by atoms with Crippen LogP contribution in [-0.4, -0.2) is 56.5 Å². The van der Waals surface area contributed by atoms with Gasteiger partial charge >= 0.3 is 0 Å². The molecule has 3 fully saturated rings. The molecule has 116 valence electrons. The zero-order valence-electron chi connectivity index (χ0n) is 12.2. The Balaban J connectivity index is 1.51. The average Bonchev–Trinajstić information content (AvgIpc) is 2.96. The number of sulfonamides is 1. The number of ether oxygens (including phenoxy) is 2. The van der Waals surface area contributed by atoms with Crippen LogP contribution in [0.15, 0.2) is 0 Å². The van der Waals surface area contributed by atoms with Crippen LogP contribution in [-0.2, 0) is 19.5 Å². The van der Waals surface area contributed by atoms with Crippen molar-refractivity contribution in [2.75, 3.05) is 32.1 Å². The third kappa shape index (κ3) is 2.89. The zero-order valence-corrected chi connectivity index (χ0v) is 13.0. The lowest BCUT2D eigenvalue weighted by molar-refractivity contribution is -0.00691. The van der Waals surface area contributed by atoms with E-state index in [2.05, 4.69) is 0 Å². The number of hydrogen-bond acceptors (Lipinski definition) is 4. The van der Waals surface area contributed by atoms with E-state index in [-0.39, 0.29) is 17.5 Å². The molecule has 0 aromatic heterocycles. The molecular weight excluding hydrogens is 278 g/mol. The van der Waals surface area contributed by atoms with Crippen LogP contribution >= 0.6 is 0 Å². The van der Waals surface area contributed by atoms with Crippen LogP contribution in [0.25, 0.3) is 0 Å². The topological polar surface area (TPSA) is 55.8 Å². The maximum atomic E-state index is 11.9. The minimum absolute atomic E-state index is 0.153. The van der Waals surface area contributed by atoms with Gasteiger partial charge in [0.1, 0.15) is 0 Å². The summed E-state index contributed by atoms with van der Waals surface area (Å²) in [7, 11) is -3.09. The van der Waals surface area contributed by atoms with E-state index in [1.54, 1.807) is 11.2 Å². The molecule has 2 heterocycles. The summed E-state index contributed by atoms with van der Waals surface area (Å²) in [5.74, 6) is 0.914. The maximum Gasteiger partial charge on any atom is 0.213 e. The lowest BCUT2D eigenvalue weighted by Gasteiger charge is -2.26. The van der Waals surface area contributed by atoms with Gasteiger partial charge < -0.3 is 9.47 Å². The van der Waals surface area contributed by atoms with Gasteiger partial charge in [-0.25, -0.2) is 8.42 Å². The molecular formula is C14H25NO4S. The van der Waals surface area contributed by atoms with Gasteiger partial charge in [0.15, 0.2) is 0 Å². The lowest BCUT2D eigenvalue weighted by atomic mass is 9.86. The fraction of sp³-hybridized carbons (Fsp3) is 1.00. The van der Waals surface area contributed by atoms with Crippen LogP contribution in [0.1, 0.15) is 39.0 Å². The van der Waals surface area contributed by atoms with Gasteiger partial charge in [0.05, 0.1) is 24.1 Å². The third-order valence-corrected chi connectivity index (χ3v) is 6.84. The van der Waals surface area contributed by atoms with Crippen LogP contribution in [0, 0.1) is 5.92 Å². The first-order chi connectivity index (χ1) is 9.53. The normalized spacial score (nSPS) is 35.8. The Kier molecular flexibility index (Phi) is 4.10. The zero-order chi connectivity index (χ0) is 14.2. The molecule has 20 heavy (non-hydrogen) atoms. The van der Waals surface area contributed by atoms with Gasteiger partial charge in [-0.3, -0.25) is 0 Å². The summed E-state index contributed by atoms with van der Waals surface area (Å²) in [6.45, 7) is 4.26. The molecule has 0 amide bonds. The molecule has 0 aromatic rings. The van der Waals surface area contributed by atoms with E-state index >= 15 is 0 Å². The number of hydrogen-bond donors (Lipinski definition) is 0. The molecule has 6 heteroatoms. The van der Waals surface area contributed by atoms with Crippen molar-refractivity contribution < 1.29 is 17.9 Å². The van der Waals surface area contributed by atoms with E-state index in [1.807, 2.05) is 0 Å². The summed E-state index contributed by atoms with van der Waals surface area (Å²) in [6.07, 6.45) is 5.72. The third-order valence-electron chi connectivity index (χ3n) is 5.01. The summed E-state index contributed by atoms with van der Waals surface area (Å²) in [4.78, 5) is 0. The molecule has 1 aliphatic carbocycles. The monoisotopic (exact) mass is 303 g/mol. The lowest BCUT2D eigenvalue weighted by Crippen LogP contribution is -2.36. The van der Waals surface area contributed by atoms with Crippen molar-refractivity contribution in [3.05, 3.63) is 0 Å². The average molecular weight is 303 g/mol. The van der Waals surface area contributed by atoms with Gasteiger partial charge in [0.25, 0.3) is 0 Å². The molecule has 0 N–H and O–H groups in total. The van der Waals surface area contributed by atoms with E-state index < -0.39 is 10.0 Å². The highest BCUT2D eigenvalue weighted by atomic mass is 32.2. The van der Waals surface area contributed by atoms with E-state index in [1.165, 1.54) is 19.3 Å². The highest BCUT2D eigenvalue weighted by Gasteiger charge is 2.48. The van der Waals surface area contributed by atoms with Gasteiger partial charge in [-0.2, -0.15) is 4.31 Å². The standard InChI is InChI=1S/C14H25NO4S/c1-2-20(16,17)15-7-6-14(11-15)8-13(10-19-14)18-9-12-4-3-5-12/h12-13H,2-11H2,1H3/t13-,14+/m1/s1. The van der Waals surface area contributed by atoms with Crippen molar-refractivity contribution in [1.29, 1.82) is 0 Å². The minimum Gasteiger partial charge on any atom is -0.375 e. The molecule has 5 nitrogen and oxygen atoms in total. The maximum absolute atomic E-state index is 11.9. The predicted molar refractivity (Wildman–Crippen MR) is 76.0 cm³/mol. The number of nitrogens with zero attached hydrogens (tertiary/aromatic N) is 1. The highest BCUT2D eigenvalue weighted by Crippen LogP contribution is 2.38. The van der Waals surface area contributed by atoms with Crippen molar-refractivity contribution in [2.45, 2.75) is 50.7 Å². The second-order valence-corrected chi connectivity index (χ2v) is 8.69. The van der Waals surface area contributed by atoms with Gasteiger partial charge in [-0.15, -0.1) is 0 Å². The first-order valence-corrected chi connectivity index (χ1v) is 9.37. The second-order valence-electron chi connectivity index (χ2n) is 6.43. The number of rotatable bonds is 5. The fourth-order valence-electron chi connectivity index (χ4n) is 3.35. The van der Waals surface area contributed by atoms with Gasteiger partial charge in [-0.1, -0.05) is 6.42 Å². The summed E-state index contributed by atoms with van der Waals surface area (Å²) >= 11 is 0. The van der Waals surface area contributed by atoms with Crippen molar-refractivity contribution in [1.82, 2.24) is 4.31 Å². The van der Waals surface area contributed by atoms with Crippen LogP contribution in [0.5, 0.6) is 0 Å². The minimum atomic E-state index is -3.09. The van der Waals surface area contributed by atoms with Crippen LogP contribution in [0.2, 0.25) is 0 Å². The molecule has 3 aliphatic rings. The molecule has 0 aromatic carbocycles. The highest BCUT2D eigenvalue weighted by molar-refractivity contribution is 7.89. The largest absolute Gasteiger partial charge is 0.375 e. The van der Waals surface area contributed by atoms with E-state index in [4.69, 9.17) is 9.47 Å². The molecule has 2 saturated heterocycles. The Morgan fingerprint density at radius 1 is 1.40 bits per heavy atom. The Bertz CT molecular complexity index is 448. The predicted octanol–water partition coefficient (Wildman–Crippen LogP) is 1.39. The molecule has 2 aliphatic heterocycles. The van der Waals surface area contributed by atoms with E-state index in [9.17, 15) is 8.42 Å². The Hall–Kier alpha value is -0.170. The Labute approximate surface area is 121 Å². The fourth-order valence-corrected chi connectivity index (χ4v) is 4.52. The van der Waals surface area contributed by atoms with Crippen LogP contribution < -0.4 is 0 Å². The molecule has 1 spiro atoms. The van der Waals surface area contributed by atoms with Crippen LogP contribution in [0.3, 0.4) is 0 Å². The first kappa shape index (κ1) is 14.8. The molecule has 2 atom stereocenters. The summed E-state index contributed by atoms with van der Waals surface area (Å²) in [5, 5.41) is 0. The summed E-state index contributed by atoms with van der Waals surface area (Å²) < 4.78 is 37.3. The molecule has 0 radical (unpaired) electrons. The van der Waals surface area contributed by atoms with Crippen molar-refractivity contribution >= 4 is 10.0 Å². The second kappa shape index (κ2) is 5.55. The summed E-state index contributed by atoms with van der Waals surface area (Å²) in [5.41, 5.74) is -0.285. The van der Waals surface area contributed by atoms with E-state index in [0.717, 1.165) is 25.4 Å². The van der Waals surface area contributed by atoms with Crippen molar-refractivity contribution in [2.24, 2.45) is 5.92 Å². The molecule has 3 rings (SSSR count). The quantitative estimate of drug-likeness (QED) is 0.770. The molecule has 0 unspecified atom stereocenters. The Morgan fingerprint density at radius 2 is 2.20 bits per heavy atom. The van der Waals surface area contributed by atoms with Gasteiger partial charge in [-0.05, 0) is 32.1 Å².